The quantitative estimate of drug-likeness (QED) is 0.932. The van der Waals surface area contributed by atoms with Crippen molar-refractivity contribution in [2.45, 2.75) is 31.8 Å². The van der Waals surface area contributed by atoms with Gasteiger partial charge in [-0.2, -0.15) is 0 Å². The Hall–Kier alpha value is -1.81. The summed E-state index contributed by atoms with van der Waals surface area (Å²) in [4.78, 5) is 4.36. The minimum absolute atomic E-state index is 0.293. The molecule has 0 saturated heterocycles. The van der Waals surface area contributed by atoms with Crippen molar-refractivity contribution < 1.29 is 4.74 Å². The third-order valence-electron chi connectivity index (χ3n) is 4.31. The number of hydrogen-bond acceptors (Lipinski definition) is 3. The molecule has 1 aromatic heterocycles. The van der Waals surface area contributed by atoms with Gasteiger partial charge in [0, 0.05) is 12.4 Å². The van der Waals surface area contributed by atoms with Gasteiger partial charge in [0.15, 0.2) is 0 Å². The van der Waals surface area contributed by atoms with Crippen LogP contribution < -0.4 is 10.1 Å². The molecule has 1 aliphatic carbocycles. The van der Waals surface area contributed by atoms with Gasteiger partial charge in [-0.1, -0.05) is 6.07 Å². The first-order chi connectivity index (χ1) is 9.74. The molecule has 1 N–H and O–H groups in total. The van der Waals surface area contributed by atoms with Gasteiger partial charge in [-0.25, -0.2) is 4.98 Å². The topological polar surface area (TPSA) is 39.1 Å². The molecule has 4 heteroatoms. The van der Waals surface area contributed by atoms with Gasteiger partial charge in [-0.05, 0) is 50.1 Å². The van der Waals surface area contributed by atoms with E-state index < -0.39 is 0 Å². The second kappa shape index (κ2) is 5.29. The summed E-state index contributed by atoms with van der Waals surface area (Å²) >= 11 is 0. The van der Waals surface area contributed by atoms with Crippen molar-refractivity contribution in [2.24, 2.45) is 0 Å². The third-order valence-corrected chi connectivity index (χ3v) is 4.31. The fourth-order valence-electron chi connectivity index (χ4n) is 3.28. The number of benzene rings is 1. The van der Waals surface area contributed by atoms with Crippen molar-refractivity contribution in [3.05, 3.63) is 47.5 Å². The van der Waals surface area contributed by atoms with Gasteiger partial charge < -0.3 is 14.6 Å². The van der Waals surface area contributed by atoms with Gasteiger partial charge in [0.1, 0.15) is 11.6 Å². The van der Waals surface area contributed by atoms with Gasteiger partial charge in [-0.3, -0.25) is 0 Å². The van der Waals surface area contributed by atoms with Crippen LogP contribution in [0.1, 0.15) is 35.5 Å². The van der Waals surface area contributed by atoms with Crippen LogP contribution in [-0.2, 0) is 6.42 Å². The molecule has 0 saturated carbocycles. The van der Waals surface area contributed by atoms with E-state index in [4.69, 9.17) is 4.74 Å². The maximum Gasteiger partial charge on any atom is 0.119 e. The predicted octanol–water partition coefficient (Wildman–Crippen LogP) is 2.65. The lowest BCUT2D eigenvalue weighted by Crippen LogP contribution is -2.32. The van der Waals surface area contributed by atoms with Crippen LogP contribution in [-0.4, -0.2) is 23.7 Å². The number of nitrogens with one attached hydrogen (secondary N) is 1. The van der Waals surface area contributed by atoms with Crippen LogP contribution in [0.5, 0.6) is 5.75 Å². The third kappa shape index (κ3) is 2.10. The molecule has 0 fully saturated rings. The first kappa shape index (κ1) is 13.2. The van der Waals surface area contributed by atoms with Crippen LogP contribution in [0.4, 0.5) is 0 Å². The Morgan fingerprint density at radius 3 is 2.90 bits per heavy atom. The molecule has 1 aliphatic rings. The van der Waals surface area contributed by atoms with E-state index in [0.717, 1.165) is 24.4 Å². The number of fused-ring (bicyclic) bond motifs is 1. The molecule has 106 valence electrons. The lowest BCUT2D eigenvalue weighted by Gasteiger charge is -2.35. The molecule has 3 rings (SSSR count). The number of aromatic nitrogens is 2. The number of rotatable bonds is 3. The molecule has 2 atom stereocenters. The van der Waals surface area contributed by atoms with Crippen molar-refractivity contribution >= 4 is 0 Å². The largest absolute Gasteiger partial charge is 0.497 e. The maximum atomic E-state index is 5.38. The summed E-state index contributed by atoms with van der Waals surface area (Å²) in [5.41, 5.74) is 2.76. The number of nitrogens with zero attached hydrogens (tertiary/aromatic N) is 2. The zero-order chi connectivity index (χ0) is 14.1. The Morgan fingerprint density at radius 2 is 2.25 bits per heavy atom. The molecule has 1 aromatic carbocycles. The standard InChI is InChI=1S/C16H21N3O/c1-11-18-8-9-19(11)15-7-5-12-4-6-13(20-3)10-14(12)16(15)17-2/h4,6,8-10,15-17H,5,7H2,1-3H3. The van der Waals surface area contributed by atoms with E-state index in [1.54, 1.807) is 7.11 Å². The molecule has 0 radical (unpaired) electrons. The number of likely N-dealkylation sites (N-methyl/N-ethyl adjacent to an activating group) is 1. The van der Waals surface area contributed by atoms with Crippen LogP contribution in [0.3, 0.4) is 0 Å². The average Bonchev–Trinajstić information content (AvgIpc) is 2.91. The van der Waals surface area contributed by atoms with Gasteiger partial charge in [0.05, 0.1) is 19.2 Å². The van der Waals surface area contributed by atoms with Gasteiger partial charge in [0.2, 0.25) is 0 Å². The molecular weight excluding hydrogens is 250 g/mol. The Morgan fingerprint density at radius 1 is 1.40 bits per heavy atom. The van der Waals surface area contributed by atoms with E-state index in [1.807, 2.05) is 19.3 Å². The van der Waals surface area contributed by atoms with Crippen molar-refractivity contribution in [3.8, 4) is 5.75 Å². The number of imidazole rings is 1. The summed E-state index contributed by atoms with van der Waals surface area (Å²) in [6.45, 7) is 2.06. The SMILES string of the molecule is CNC1c2cc(OC)ccc2CCC1n1ccnc1C. The Labute approximate surface area is 119 Å². The molecule has 4 nitrogen and oxygen atoms in total. The lowest BCUT2D eigenvalue weighted by molar-refractivity contribution is 0.326. The summed E-state index contributed by atoms with van der Waals surface area (Å²) in [6, 6.07) is 7.10. The number of hydrogen-bond donors (Lipinski definition) is 1. The highest BCUT2D eigenvalue weighted by molar-refractivity contribution is 5.40. The van der Waals surface area contributed by atoms with Crippen LogP contribution in [0.25, 0.3) is 0 Å². The highest BCUT2D eigenvalue weighted by Crippen LogP contribution is 2.39. The molecule has 2 aromatic rings. The monoisotopic (exact) mass is 271 g/mol. The minimum atomic E-state index is 0.293. The average molecular weight is 271 g/mol. The minimum Gasteiger partial charge on any atom is -0.497 e. The first-order valence-corrected chi connectivity index (χ1v) is 7.08. The highest BCUT2D eigenvalue weighted by Gasteiger charge is 2.30. The zero-order valence-corrected chi connectivity index (χ0v) is 12.3. The maximum absolute atomic E-state index is 5.38. The smallest absolute Gasteiger partial charge is 0.119 e. The Bertz CT molecular complexity index is 606. The number of aryl methyl sites for hydroxylation is 2. The van der Waals surface area contributed by atoms with E-state index >= 15 is 0 Å². The summed E-state index contributed by atoms with van der Waals surface area (Å²) in [7, 11) is 3.74. The van der Waals surface area contributed by atoms with Crippen molar-refractivity contribution in [1.29, 1.82) is 0 Å². The van der Waals surface area contributed by atoms with E-state index in [9.17, 15) is 0 Å². The second-order valence-corrected chi connectivity index (χ2v) is 5.32. The van der Waals surface area contributed by atoms with Crippen molar-refractivity contribution in [2.75, 3.05) is 14.2 Å². The molecule has 2 unspecified atom stereocenters. The molecule has 0 amide bonds. The highest BCUT2D eigenvalue weighted by atomic mass is 16.5. The Kier molecular flexibility index (Phi) is 3.49. The number of methoxy groups -OCH3 is 1. The fourth-order valence-corrected chi connectivity index (χ4v) is 3.28. The van der Waals surface area contributed by atoms with Gasteiger partial charge in [0.25, 0.3) is 0 Å². The summed E-state index contributed by atoms with van der Waals surface area (Å²) in [6.07, 6.45) is 6.18. The second-order valence-electron chi connectivity index (χ2n) is 5.32. The first-order valence-electron chi connectivity index (χ1n) is 7.08. The fraction of sp³-hybridized carbons (Fsp3) is 0.438. The zero-order valence-electron chi connectivity index (χ0n) is 12.3. The molecule has 0 bridgehead atoms. The normalized spacial score (nSPS) is 21.6. The molecule has 0 spiro atoms. The van der Waals surface area contributed by atoms with E-state index in [-0.39, 0.29) is 0 Å². The van der Waals surface area contributed by atoms with Gasteiger partial charge >= 0.3 is 0 Å². The Balaban J connectivity index is 2.02. The van der Waals surface area contributed by atoms with E-state index in [2.05, 4.69) is 40.1 Å². The summed E-state index contributed by atoms with van der Waals surface area (Å²) in [5.74, 6) is 1.99. The van der Waals surface area contributed by atoms with Crippen LogP contribution in [0, 0.1) is 6.92 Å². The predicted molar refractivity (Wildman–Crippen MR) is 79.1 cm³/mol. The van der Waals surface area contributed by atoms with E-state index in [0.29, 0.717) is 12.1 Å². The summed E-state index contributed by atoms with van der Waals surface area (Å²) in [5, 5.41) is 3.47. The molecule has 0 aliphatic heterocycles. The molecular formula is C16H21N3O. The number of ether oxygens (including phenoxy) is 1. The van der Waals surface area contributed by atoms with Crippen molar-refractivity contribution in [1.82, 2.24) is 14.9 Å². The lowest BCUT2D eigenvalue weighted by atomic mass is 9.83. The van der Waals surface area contributed by atoms with Gasteiger partial charge in [-0.15, -0.1) is 0 Å². The molecule has 20 heavy (non-hydrogen) atoms. The van der Waals surface area contributed by atoms with Crippen LogP contribution in [0.2, 0.25) is 0 Å². The van der Waals surface area contributed by atoms with Crippen LogP contribution >= 0.6 is 0 Å². The molecule has 1 heterocycles. The van der Waals surface area contributed by atoms with E-state index in [1.165, 1.54) is 11.1 Å². The summed E-state index contributed by atoms with van der Waals surface area (Å²) < 4.78 is 7.66. The van der Waals surface area contributed by atoms with Crippen LogP contribution in [0.15, 0.2) is 30.6 Å². The van der Waals surface area contributed by atoms with Crippen molar-refractivity contribution in [3.63, 3.8) is 0 Å².